The third-order valence-corrected chi connectivity index (χ3v) is 2.38. The normalized spacial score (nSPS) is 11.1. The Labute approximate surface area is 103 Å². The SMILES string of the molecule is COc1ccc(C=CCNC(C)C)c(OC)c1. The molecule has 0 spiro atoms. The third kappa shape index (κ3) is 4.49. The molecule has 0 saturated heterocycles. The van der Waals surface area contributed by atoms with Gasteiger partial charge in [-0.05, 0) is 12.1 Å². The zero-order valence-corrected chi connectivity index (χ0v) is 11.0. The molecule has 17 heavy (non-hydrogen) atoms. The van der Waals surface area contributed by atoms with Crippen LogP contribution in [0, 0.1) is 0 Å². The third-order valence-electron chi connectivity index (χ3n) is 2.38. The van der Waals surface area contributed by atoms with Crippen molar-refractivity contribution in [2.45, 2.75) is 19.9 Å². The van der Waals surface area contributed by atoms with Gasteiger partial charge in [0.1, 0.15) is 11.5 Å². The van der Waals surface area contributed by atoms with E-state index in [2.05, 4.69) is 25.2 Å². The van der Waals surface area contributed by atoms with Crippen LogP contribution in [0.5, 0.6) is 11.5 Å². The molecule has 0 aromatic heterocycles. The Bertz CT molecular complexity index is 372. The zero-order valence-electron chi connectivity index (χ0n) is 11.0. The summed E-state index contributed by atoms with van der Waals surface area (Å²) in [5, 5.41) is 3.32. The van der Waals surface area contributed by atoms with E-state index in [1.807, 2.05) is 24.3 Å². The van der Waals surface area contributed by atoms with Crippen molar-refractivity contribution in [2.24, 2.45) is 0 Å². The fourth-order valence-corrected chi connectivity index (χ4v) is 1.45. The summed E-state index contributed by atoms with van der Waals surface area (Å²) in [6.45, 7) is 5.11. The molecule has 94 valence electrons. The van der Waals surface area contributed by atoms with Crippen LogP contribution in [0.1, 0.15) is 19.4 Å². The second-order valence-corrected chi connectivity index (χ2v) is 4.07. The Morgan fingerprint density at radius 3 is 2.59 bits per heavy atom. The Hall–Kier alpha value is -1.48. The summed E-state index contributed by atoms with van der Waals surface area (Å²) in [5.41, 5.74) is 1.05. The molecule has 1 aromatic carbocycles. The van der Waals surface area contributed by atoms with Crippen molar-refractivity contribution < 1.29 is 9.47 Å². The van der Waals surface area contributed by atoms with E-state index in [0.29, 0.717) is 6.04 Å². The quantitative estimate of drug-likeness (QED) is 0.822. The molecule has 0 heterocycles. The van der Waals surface area contributed by atoms with E-state index in [1.54, 1.807) is 14.2 Å². The number of hydrogen-bond donors (Lipinski definition) is 1. The Morgan fingerprint density at radius 2 is 2.00 bits per heavy atom. The molecule has 3 heteroatoms. The Morgan fingerprint density at radius 1 is 1.24 bits per heavy atom. The molecular weight excluding hydrogens is 214 g/mol. The van der Waals surface area contributed by atoms with Gasteiger partial charge in [-0.2, -0.15) is 0 Å². The van der Waals surface area contributed by atoms with Gasteiger partial charge in [-0.3, -0.25) is 0 Å². The predicted molar refractivity (Wildman–Crippen MR) is 71.7 cm³/mol. The molecule has 0 aliphatic heterocycles. The number of nitrogens with one attached hydrogen (secondary N) is 1. The summed E-state index contributed by atoms with van der Waals surface area (Å²) >= 11 is 0. The van der Waals surface area contributed by atoms with Crippen LogP contribution in [0.3, 0.4) is 0 Å². The topological polar surface area (TPSA) is 30.5 Å². The number of ether oxygens (including phenoxy) is 2. The van der Waals surface area contributed by atoms with Crippen molar-refractivity contribution in [3.05, 3.63) is 29.8 Å². The van der Waals surface area contributed by atoms with Crippen LogP contribution in [0.4, 0.5) is 0 Å². The first-order chi connectivity index (χ1) is 8.17. The van der Waals surface area contributed by atoms with Gasteiger partial charge in [0.15, 0.2) is 0 Å². The first-order valence-electron chi connectivity index (χ1n) is 5.79. The van der Waals surface area contributed by atoms with E-state index in [1.165, 1.54) is 0 Å². The largest absolute Gasteiger partial charge is 0.497 e. The lowest BCUT2D eigenvalue weighted by Crippen LogP contribution is -2.22. The lowest BCUT2D eigenvalue weighted by Gasteiger charge is -2.07. The maximum absolute atomic E-state index is 5.31. The smallest absolute Gasteiger partial charge is 0.129 e. The van der Waals surface area contributed by atoms with Gasteiger partial charge in [-0.1, -0.05) is 26.0 Å². The first-order valence-corrected chi connectivity index (χ1v) is 5.79. The average molecular weight is 235 g/mol. The van der Waals surface area contributed by atoms with Gasteiger partial charge in [-0.15, -0.1) is 0 Å². The van der Waals surface area contributed by atoms with Crippen LogP contribution in [0.15, 0.2) is 24.3 Å². The minimum atomic E-state index is 0.498. The molecule has 0 radical (unpaired) electrons. The summed E-state index contributed by atoms with van der Waals surface area (Å²) in [6.07, 6.45) is 4.14. The van der Waals surface area contributed by atoms with Gasteiger partial charge in [0.05, 0.1) is 14.2 Å². The molecule has 0 saturated carbocycles. The van der Waals surface area contributed by atoms with Gasteiger partial charge in [0.2, 0.25) is 0 Å². The molecule has 0 bridgehead atoms. The van der Waals surface area contributed by atoms with Crippen molar-refractivity contribution in [1.29, 1.82) is 0 Å². The molecule has 0 unspecified atom stereocenters. The number of methoxy groups -OCH3 is 2. The lowest BCUT2D eigenvalue weighted by atomic mass is 10.1. The van der Waals surface area contributed by atoms with Gasteiger partial charge in [-0.25, -0.2) is 0 Å². The maximum Gasteiger partial charge on any atom is 0.129 e. The fourth-order valence-electron chi connectivity index (χ4n) is 1.45. The standard InChI is InChI=1S/C14H21NO2/c1-11(2)15-9-5-6-12-7-8-13(16-3)10-14(12)17-4/h5-8,10-11,15H,9H2,1-4H3. The molecule has 3 nitrogen and oxygen atoms in total. The van der Waals surface area contributed by atoms with Gasteiger partial charge in [0, 0.05) is 24.2 Å². The molecule has 0 aliphatic rings. The summed E-state index contributed by atoms with van der Waals surface area (Å²) in [5.74, 6) is 1.63. The molecule has 1 N–H and O–H groups in total. The second kappa shape index (κ2) is 6.97. The predicted octanol–water partition coefficient (Wildman–Crippen LogP) is 2.72. The van der Waals surface area contributed by atoms with Crippen LogP contribution in [-0.4, -0.2) is 26.8 Å². The highest BCUT2D eigenvalue weighted by Crippen LogP contribution is 2.25. The summed E-state index contributed by atoms with van der Waals surface area (Å²) in [6, 6.07) is 6.30. The second-order valence-electron chi connectivity index (χ2n) is 4.07. The van der Waals surface area contributed by atoms with E-state index in [0.717, 1.165) is 23.6 Å². The summed E-state index contributed by atoms with van der Waals surface area (Å²) in [4.78, 5) is 0. The van der Waals surface area contributed by atoms with Crippen LogP contribution < -0.4 is 14.8 Å². The summed E-state index contributed by atoms with van der Waals surface area (Å²) in [7, 11) is 3.31. The molecular formula is C14H21NO2. The van der Waals surface area contributed by atoms with E-state index in [-0.39, 0.29) is 0 Å². The fraction of sp³-hybridized carbons (Fsp3) is 0.429. The van der Waals surface area contributed by atoms with E-state index >= 15 is 0 Å². The van der Waals surface area contributed by atoms with Crippen molar-refractivity contribution in [2.75, 3.05) is 20.8 Å². The highest BCUT2D eigenvalue weighted by Gasteiger charge is 2.01. The first kappa shape index (κ1) is 13.6. The molecule has 0 amide bonds. The molecule has 0 aliphatic carbocycles. The number of hydrogen-bond acceptors (Lipinski definition) is 3. The summed E-state index contributed by atoms with van der Waals surface area (Å²) < 4.78 is 10.5. The molecule has 1 aromatic rings. The maximum atomic E-state index is 5.31. The zero-order chi connectivity index (χ0) is 12.7. The van der Waals surface area contributed by atoms with Gasteiger partial charge in [0.25, 0.3) is 0 Å². The minimum Gasteiger partial charge on any atom is -0.497 e. The van der Waals surface area contributed by atoms with Crippen LogP contribution in [0.25, 0.3) is 6.08 Å². The highest BCUT2D eigenvalue weighted by molar-refractivity contribution is 5.59. The van der Waals surface area contributed by atoms with Crippen molar-refractivity contribution in [3.8, 4) is 11.5 Å². The van der Waals surface area contributed by atoms with Crippen LogP contribution in [-0.2, 0) is 0 Å². The van der Waals surface area contributed by atoms with Gasteiger partial charge < -0.3 is 14.8 Å². The van der Waals surface area contributed by atoms with E-state index in [4.69, 9.17) is 9.47 Å². The van der Waals surface area contributed by atoms with E-state index < -0.39 is 0 Å². The molecule has 0 fully saturated rings. The lowest BCUT2D eigenvalue weighted by molar-refractivity contribution is 0.393. The monoisotopic (exact) mass is 235 g/mol. The Balaban J connectivity index is 2.69. The highest BCUT2D eigenvalue weighted by atomic mass is 16.5. The van der Waals surface area contributed by atoms with Crippen LogP contribution in [0.2, 0.25) is 0 Å². The molecule has 1 rings (SSSR count). The molecule has 0 atom stereocenters. The van der Waals surface area contributed by atoms with Crippen LogP contribution >= 0.6 is 0 Å². The van der Waals surface area contributed by atoms with Crippen molar-refractivity contribution in [3.63, 3.8) is 0 Å². The average Bonchev–Trinajstić information content (AvgIpc) is 2.34. The minimum absolute atomic E-state index is 0.498. The van der Waals surface area contributed by atoms with Gasteiger partial charge >= 0.3 is 0 Å². The van der Waals surface area contributed by atoms with E-state index in [9.17, 15) is 0 Å². The number of rotatable bonds is 6. The number of benzene rings is 1. The van der Waals surface area contributed by atoms with Crippen molar-refractivity contribution >= 4 is 6.08 Å². The Kier molecular flexibility index (Phi) is 5.57. The van der Waals surface area contributed by atoms with Crippen molar-refractivity contribution in [1.82, 2.24) is 5.32 Å².